The van der Waals surface area contributed by atoms with Crippen LogP contribution < -0.4 is 4.74 Å². The number of aromatic hydroxyl groups is 1. The molecule has 2 unspecified atom stereocenters. The van der Waals surface area contributed by atoms with Crippen LogP contribution in [-0.2, 0) is 4.74 Å². The summed E-state index contributed by atoms with van der Waals surface area (Å²) < 4.78 is 11.8. The maximum Gasteiger partial charge on any atom is 0.128 e. The molecule has 1 aromatic rings. The maximum atomic E-state index is 9.73. The molecule has 0 amide bonds. The third-order valence-corrected chi connectivity index (χ3v) is 4.35. The molecule has 0 radical (unpaired) electrons. The normalized spacial score (nSPS) is 29.3. The molecule has 116 valence electrons. The summed E-state index contributed by atoms with van der Waals surface area (Å²) in [5.41, 5.74) is 0.961. The first kappa shape index (κ1) is 14.7. The number of hydrogen-bond acceptors (Lipinski definition) is 4. The van der Waals surface area contributed by atoms with Gasteiger partial charge in [0.25, 0.3) is 0 Å². The second-order valence-corrected chi connectivity index (χ2v) is 6.83. The fraction of sp³-hybridized carbons (Fsp3) is 0.647. The first-order chi connectivity index (χ1) is 9.94. The third kappa shape index (κ3) is 3.16. The highest BCUT2D eigenvalue weighted by Crippen LogP contribution is 2.44. The standard InChI is InChI=1S/C17H25NO3/c1-12-11-18(7-4-8-20-12)15-10-17(2,3)21-16-9-13(19)5-6-14(15)16/h5-6,9,12,15,19H,4,7-8,10-11H2,1-3H3. The van der Waals surface area contributed by atoms with Crippen LogP contribution in [0, 0.1) is 0 Å². The molecular formula is C17H25NO3. The summed E-state index contributed by atoms with van der Waals surface area (Å²) in [5.74, 6) is 1.08. The summed E-state index contributed by atoms with van der Waals surface area (Å²) in [4.78, 5) is 2.51. The van der Waals surface area contributed by atoms with Crippen LogP contribution >= 0.6 is 0 Å². The van der Waals surface area contributed by atoms with Crippen molar-refractivity contribution in [3.63, 3.8) is 0 Å². The van der Waals surface area contributed by atoms with Crippen molar-refractivity contribution in [3.05, 3.63) is 23.8 Å². The fourth-order valence-electron chi connectivity index (χ4n) is 3.44. The summed E-state index contributed by atoms with van der Waals surface area (Å²) in [6, 6.07) is 5.82. The largest absolute Gasteiger partial charge is 0.508 e. The zero-order chi connectivity index (χ0) is 15.0. The number of fused-ring (bicyclic) bond motifs is 1. The minimum atomic E-state index is -0.220. The number of hydrogen-bond donors (Lipinski definition) is 1. The first-order valence-corrected chi connectivity index (χ1v) is 7.82. The van der Waals surface area contributed by atoms with Crippen LogP contribution in [0.2, 0.25) is 0 Å². The average molecular weight is 291 g/mol. The van der Waals surface area contributed by atoms with Gasteiger partial charge in [-0.15, -0.1) is 0 Å². The van der Waals surface area contributed by atoms with Crippen LogP contribution in [0.1, 0.15) is 45.2 Å². The van der Waals surface area contributed by atoms with Gasteiger partial charge in [-0.25, -0.2) is 0 Å². The van der Waals surface area contributed by atoms with Crippen LogP contribution in [0.4, 0.5) is 0 Å². The van der Waals surface area contributed by atoms with Crippen molar-refractivity contribution in [1.29, 1.82) is 0 Å². The molecule has 0 bridgehead atoms. The Morgan fingerprint density at radius 3 is 2.95 bits per heavy atom. The highest BCUT2D eigenvalue weighted by Gasteiger charge is 2.37. The molecule has 1 aromatic carbocycles. The highest BCUT2D eigenvalue weighted by molar-refractivity contribution is 5.44. The lowest BCUT2D eigenvalue weighted by molar-refractivity contribution is 0.0165. The van der Waals surface area contributed by atoms with E-state index in [0.29, 0.717) is 6.04 Å². The Morgan fingerprint density at radius 2 is 2.14 bits per heavy atom. The first-order valence-electron chi connectivity index (χ1n) is 7.82. The van der Waals surface area contributed by atoms with Gasteiger partial charge in [-0.2, -0.15) is 0 Å². The maximum absolute atomic E-state index is 9.73. The molecule has 4 nitrogen and oxygen atoms in total. The van der Waals surface area contributed by atoms with Gasteiger partial charge in [0.2, 0.25) is 0 Å². The Hall–Kier alpha value is -1.26. The molecule has 2 atom stereocenters. The van der Waals surface area contributed by atoms with E-state index in [1.165, 1.54) is 5.56 Å². The average Bonchev–Trinajstić information content (AvgIpc) is 2.61. The molecule has 0 saturated carbocycles. The monoisotopic (exact) mass is 291 g/mol. The van der Waals surface area contributed by atoms with Gasteiger partial charge in [-0.3, -0.25) is 4.90 Å². The van der Waals surface area contributed by atoms with Crippen molar-refractivity contribution >= 4 is 0 Å². The third-order valence-electron chi connectivity index (χ3n) is 4.35. The van der Waals surface area contributed by atoms with E-state index in [4.69, 9.17) is 9.47 Å². The van der Waals surface area contributed by atoms with Gasteiger partial charge in [0.15, 0.2) is 0 Å². The zero-order valence-electron chi connectivity index (χ0n) is 13.1. The van der Waals surface area contributed by atoms with Crippen LogP contribution in [0.25, 0.3) is 0 Å². The van der Waals surface area contributed by atoms with Crippen molar-refractivity contribution in [2.45, 2.75) is 51.4 Å². The van der Waals surface area contributed by atoms with Gasteiger partial charge < -0.3 is 14.6 Å². The van der Waals surface area contributed by atoms with Crippen molar-refractivity contribution in [2.24, 2.45) is 0 Å². The molecule has 2 heterocycles. The van der Waals surface area contributed by atoms with Gasteiger partial charge in [-0.1, -0.05) is 6.07 Å². The number of rotatable bonds is 1. The van der Waals surface area contributed by atoms with E-state index < -0.39 is 0 Å². The molecule has 1 fully saturated rings. The van der Waals surface area contributed by atoms with Crippen LogP contribution in [0.15, 0.2) is 18.2 Å². The quantitative estimate of drug-likeness (QED) is 0.863. The molecule has 2 aliphatic rings. The fourth-order valence-corrected chi connectivity index (χ4v) is 3.44. The Labute approximate surface area is 126 Å². The Morgan fingerprint density at radius 1 is 1.33 bits per heavy atom. The van der Waals surface area contributed by atoms with Gasteiger partial charge in [0.1, 0.15) is 17.1 Å². The predicted molar refractivity (Wildman–Crippen MR) is 81.8 cm³/mol. The minimum Gasteiger partial charge on any atom is -0.508 e. The number of ether oxygens (including phenoxy) is 2. The molecule has 1 saturated heterocycles. The Bertz CT molecular complexity index is 515. The Kier molecular flexibility index (Phi) is 3.84. The zero-order valence-corrected chi connectivity index (χ0v) is 13.1. The molecular weight excluding hydrogens is 266 g/mol. The smallest absolute Gasteiger partial charge is 0.128 e. The number of benzene rings is 1. The molecule has 0 spiro atoms. The van der Waals surface area contributed by atoms with Crippen LogP contribution in [0.3, 0.4) is 0 Å². The molecule has 0 aromatic heterocycles. The van der Waals surface area contributed by atoms with Crippen molar-refractivity contribution in [1.82, 2.24) is 4.90 Å². The highest BCUT2D eigenvalue weighted by atomic mass is 16.5. The van der Waals surface area contributed by atoms with Crippen LogP contribution in [0.5, 0.6) is 11.5 Å². The lowest BCUT2D eigenvalue weighted by Crippen LogP contribution is -2.43. The number of nitrogens with zero attached hydrogens (tertiary/aromatic N) is 1. The van der Waals surface area contributed by atoms with Gasteiger partial charge in [0, 0.05) is 43.8 Å². The number of phenolic OH excluding ortho intramolecular Hbond substituents is 1. The lowest BCUT2D eigenvalue weighted by atomic mass is 9.88. The van der Waals surface area contributed by atoms with E-state index in [0.717, 1.165) is 38.3 Å². The minimum absolute atomic E-state index is 0.220. The van der Waals surface area contributed by atoms with Crippen molar-refractivity contribution in [2.75, 3.05) is 19.7 Å². The van der Waals surface area contributed by atoms with Gasteiger partial charge in [0.05, 0.1) is 6.10 Å². The molecule has 2 aliphatic heterocycles. The summed E-state index contributed by atoms with van der Waals surface area (Å²) in [5, 5.41) is 9.73. The van der Waals surface area contributed by atoms with E-state index in [9.17, 15) is 5.11 Å². The van der Waals surface area contributed by atoms with E-state index in [1.807, 2.05) is 6.07 Å². The predicted octanol–water partition coefficient (Wildman–Crippen LogP) is 3.11. The lowest BCUT2D eigenvalue weighted by Gasteiger charge is -2.42. The van der Waals surface area contributed by atoms with Crippen molar-refractivity contribution in [3.8, 4) is 11.5 Å². The van der Waals surface area contributed by atoms with E-state index >= 15 is 0 Å². The molecule has 0 aliphatic carbocycles. The van der Waals surface area contributed by atoms with E-state index in [2.05, 4.69) is 25.7 Å². The SMILES string of the molecule is CC1CN(C2CC(C)(C)Oc3cc(O)ccc32)CCCO1. The second-order valence-electron chi connectivity index (χ2n) is 6.83. The van der Waals surface area contributed by atoms with E-state index in [1.54, 1.807) is 12.1 Å². The second kappa shape index (κ2) is 5.50. The Balaban J connectivity index is 1.94. The number of phenols is 1. The molecule has 1 N–H and O–H groups in total. The summed E-state index contributed by atoms with van der Waals surface area (Å²) >= 11 is 0. The van der Waals surface area contributed by atoms with Crippen LogP contribution in [-0.4, -0.2) is 41.4 Å². The molecule has 4 heteroatoms. The van der Waals surface area contributed by atoms with Crippen molar-refractivity contribution < 1.29 is 14.6 Å². The summed E-state index contributed by atoms with van der Waals surface area (Å²) in [7, 11) is 0. The van der Waals surface area contributed by atoms with E-state index in [-0.39, 0.29) is 17.5 Å². The summed E-state index contributed by atoms with van der Waals surface area (Å²) in [6.45, 7) is 9.20. The summed E-state index contributed by atoms with van der Waals surface area (Å²) in [6.07, 6.45) is 2.28. The van der Waals surface area contributed by atoms with Gasteiger partial charge in [-0.05, 0) is 33.3 Å². The topological polar surface area (TPSA) is 41.9 Å². The molecule has 21 heavy (non-hydrogen) atoms. The molecule has 3 rings (SSSR count). The van der Waals surface area contributed by atoms with Gasteiger partial charge >= 0.3 is 0 Å².